The number of hydrogen-bond donors (Lipinski definition) is 0. The fraction of sp³-hybridized carbons (Fsp3) is 0. The van der Waals surface area contributed by atoms with Crippen LogP contribution in [0.1, 0.15) is 0 Å². The Bertz CT molecular complexity index is 64.0. The molecule has 0 aromatic heterocycles. The fourth-order valence-electron chi connectivity index (χ4n) is 0. The number of rotatable bonds is 1. The molecule has 0 aliphatic carbocycles. The second-order valence-electron chi connectivity index (χ2n) is 0.542. The Balaban J connectivity index is -0.0000000800. The molecule has 0 aliphatic rings. The van der Waals surface area contributed by atoms with Crippen molar-refractivity contribution in [2.45, 2.75) is 0 Å². The van der Waals surface area contributed by atoms with E-state index in [0.29, 0.717) is 0 Å². The molecule has 0 unspecified atom stereocenters. The van der Waals surface area contributed by atoms with Gasteiger partial charge in [-0.2, -0.15) is 0 Å². The van der Waals surface area contributed by atoms with Crippen molar-refractivity contribution < 1.29 is 40.8 Å². The maximum atomic E-state index is 9.67. The van der Waals surface area contributed by atoms with E-state index in [9.17, 15) is 4.79 Å². The van der Waals surface area contributed by atoms with Crippen molar-refractivity contribution in [3.8, 4) is 0 Å². The smallest absolute Gasteiger partial charge is 0 e. The van der Waals surface area contributed by atoms with Gasteiger partial charge in [-0.25, -0.2) is 0 Å². The Morgan fingerprint density at radius 3 is 1.86 bits per heavy atom. The van der Waals surface area contributed by atoms with Crippen molar-refractivity contribution in [2.24, 2.45) is 0 Å². The van der Waals surface area contributed by atoms with Crippen LogP contribution in [0.4, 0.5) is 0 Å². The molecule has 0 atom stereocenters. The standard InChI is InChI=1S/C3H3O.Al.2V/c1-2-3-4;;;/h2H,1H2;;;. The van der Waals surface area contributed by atoms with Crippen molar-refractivity contribution >= 4 is 21.9 Å². The molecular weight excluding hydrogens is 181 g/mol. The van der Waals surface area contributed by atoms with Crippen LogP contribution in [0, 0.1) is 0 Å². The van der Waals surface area contributed by atoms with Gasteiger partial charge >= 0.3 is 39.4 Å². The molecule has 7 heavy (non-hydrogen) atoms. The summed E-state index contributed by atoms with van der Waals surface area (Å²) in [5.74, 6) is 0. The fourth-order valence-corrected chi connectivity index (χ4v) is 0. The first-order chi connectivity index (χ1) is 2.27. The summed E-state index contributed by atoms with van der Waals surface area (Å²) in [5.41, 5.74) is 0. The molecule has 4 radical (unpaired) electrons. The number of carbonyl (C=O) groups is 1. The summed E-state index contributed by atoms with van der Waals surface area (Å²) in [7, 11) is 0. The Kier molecular flexibility index (Phi) is 22.8. The monoisotopic (exact) mass is 184 g/mol. The zero-order chi connectivity index (χ0) is 4.28. The molecule has 0 aliphatic heterocycles. The second-order valence-corrected chi connectivity index (χ2v) is 1.23. The van der Waals surface area contributed by atoms with Crippen LogP contribution in [-0.2, 0) is 40.8 Å². The first-order valence-corrected chi connectivity index (χ1v) is 1.82. The average Bonchev–Trinajstić information content (AvgIpc) is 1.38. The molecule has 0 aromatic carbocycles. The predicted molar refractivity (Wildman–Crippen MR) is 21.0 cm³/mol. The van der Waals surface area contributed by atoms with Crippen molar-refractivity contribution in [3.05, 3.63) is 12.7 Å². The minimum Gasteiger partial charge on any atom is 0 e. The molecule has 0 aromatic rings. The van der Waals surface area contributed by atoms with E-state index in [1.807, 2.05) is 17.4 Å². The quantitative estimate of drug-likeness (QED) is 0.409. The Hall–Kier alpha value is 1.11. The number of hydrogen-bond acceptors (Lipinski definition) is 1. The first-order valence-electron chi connectivity index (χ1n) is 1.12. The van der Waals surface area contributed by atoms with Crippen LogP contribution < -0.4 is 0 Å². The maximum absolute atomic E-state index is 9.67. The zero-order valence-corrected chi connectivity index (χ0v) is 7.61. The molecular formula is C3H3AlOV2. The van der Waals surface area contributed by atoms with E-state index in [1.165, 1.54) is 6.08 Å². The van der Waals surface area contributed by atoms with Crippen LogP contribution in [0.2, 0.25) is 0 Å². The van der Waals surface area contributed by atoms with E-state index in [4.69, 9.17) is 0 Å². The third-order valence-electron chi connectivity index (χ3n) is 0.175. The van der Waals surface area contributed by atoms with Gasteiger partial charge in [0, 0.05) is 35.9 Å². The van der Waals surface area contributed by atoms with Gasteiger partial charge in [0.05, 0.1) is 0 Å². The molecule has 0 bridgehead atoms. The molecule has 4 heteroatoms. The van der Waals surface area contributed by atoms with Gasteiger partial charge in [0.1, 0.15) is 0 Å². The van der Waals surface area contributed by atoms with Gasteiger partial charge in [-0.05, 0) is 0 Å². The molecule has 1 nitrogen and oxygen atoms in total. The van der Waals surface area contributed by atoms with Gasteiger partial charge in [-0.3, -0.25) is 0 Å². The molecule has 34 valence electrons. The Labute approximate surface area is 74.9 Å². The minimum atomic E-state index is -0.0440. The first kappa shape index (κ1) is 15.7. The summed E-state index contributed by atoms with van der Waals surface area (Å²) in [4.78, 5) is 9.67. The summed E-state index contributed by atoms with van der Waals surface area (Å²) in [6, 6.07) is 0. The van der Waals surface area contributed by atoms with E-state index in [-0.39, 0.29) is 40.4 Å². The van der Waals surface area contributed by atoms with E-state index in [2.05, 4.69) is 6.58 Å². The van der Waals surface area contributed by atoms with Crippen LogP contribution in [0.25, 0.3) is 0 Å². The van der Waals surface area contributed by atoms with Gasteiger partial charge < -0.3 is 0 Å². The Morgan fingerprint density at radius 1 is 1.71 bits per heavy atom. The summed E-state index contributed by atoms with van der Waals surface area (Å²) >= 11 is 1.85. The third kappa shape index (κ3) is 19.2. The second kappa shape index (κ2) is 10.2. The maximum Gasteiger partial charge on any atom is 0 e. The summed E-state index contributed by atoms with van der Waals surface area (Å²) in [5, 5.41) is 0. The van der Waals surface area contributed by atoms with Crippen molar-refractivity contribution in [3.63, 3.8) is 0 Å². The summed E-state index contributed by atoms with van der Waals surface area (Å²) in [6.07, 6.45) is 1.25. The van der Waals surface area contributed by atoms with Crippen molar-refractivity contribution in [1.82, 2.24) is 0 Å². The minimum absolute atomic E-state index is 0. The molecule has 0 spiro atoms. The molecule has 0 fully saturated rings. The van der Waals surface area contributed by atoms with Crippen LogP contribution in [0.3, 0.4) is 0 Å². The predicted octanol–water partition coefficient (Wildman–Crippen LogP) is -0.137. The molecule has 0 saturated carbocycles. The molecule has 0 amide bonds. The van der Waals surface area contributed by atoms with Crippen LogP contribution in [-0.4, -0.2) is 21.9 Å². The van der Waals surface area contributed by atoms with Crippen molar-refractivity contribution in [1.29, 1.82) is 0 Å². The van der Waals surface area contributed by atoms with Gasteiger partial charge in [0.2, 0.25) is 0 Å². The van der Waals surface area contributed by atoms with E-state index >= 15 is 0 Å². The van der Waals surface area contributed by atoms with Gasteiger partial charge in [-0.1, -0.05) is 0 Å². The molecule has 0 heterocycles. The van der Waals surface area contributed by atoms with Gasteiger partial charge in [0.15, 0.2) is 0 Å². The number of carbonyl (C=O) groups excluding carboxylic acids is 1. The topological polar surface area (TPSA) is 17.1 Å². The van der Waals surface area contributed by atoms with Crippen LogP contribution in [0.15, 0.2) is 12.7 Å². The van der Waals surface area contributed by atoms with Crippen LogP contribution in [0.5, 0.6) is 0 Å². The zero-order valence-electron chi connectivity index (χ0n) is 3.66. The molecule has 0 rings (SSSR count). The Morgan fingerprint density at radius 2 is 1.86 bits per heavy atom. The van der Waals surface area contributed by atoms with E-state index < -0.39 is 0 Å². The van der Waals surface area contributed by atoms with Crippen molar-refractivity contribution in [2.75, 3.05) is 0 Å². The van der Waals surface area contributed by atoms with E-state index in [1.54, 1.807) is 0 Å². The molecule has 0 saturated heterocycles. The SMILES string of the molecule is C=C[C](=O)[V].[Al].[V]. The molecule has 0 N–H and O–H groups in total. The normalized spacial score (nSPS) is 4.57. The van der Waals surface area contributed by atoms with Crippen LogP contribution >= 0.6 is 0 Å². The summed E-state index contributed by atoms with van der Waals surface area (Å²) in [6.45, 7) is 3.20. The van der Waals surface area contributed by atoms with E-state index in [0.717, 1.165) is 0 Å². The largest absolute Gasteiger partial charge is 0 e. The third-order valence-corrected chi connectivity index (χ3v) is 0.460. The summed E-state index contributed by atoms with van der Waals surface area (Å²) < 4.78 is -0.0440. The van der Waals surface area contributed by atoms with Gasteiger partial charge in [-0.15, -0.1) is 0 Å². The average molecular weight is 184 g/mol. The number of allylic oxidation sites excluding steroid dienone is 1. The van der Waals surface area contributed by atoms with Gasteiger partial charge in [0.25, 0.3) is 0 Å².